The molecule has 2 amide bonds. The average molecular weight is 319 g/mol. The maximum absolute atomic E-state index is 11.9. The van der Waals surface area contributed by atoms with E-state index in [0.29, 0.717) is 24.8 Å². The van der Waals surface area contributed by atoms with E-state index >= 15 is 0 Å². The van der Waals surface area contributed by atoms with Crippen LogP contribution in [0.5, 0.6) is 5.75 Å². The van der Waals surface area contributed by atoms with E-state index in [9.17, 15) is 9.59 Å². The van der Waals surface area contributed by atoms with Gasteiger partial charge in [0.1, 0.15) is 5.75 Å². The monoisotopic (exact) mass is 319 g/mol. The van der Waals surface area contributed by atoms with Crippen LogP contribution < -0.4 is 15.4 Å². The fraction of sp³-hybridized carbons (Fsp3) is 0.529. The first-order valence-electron chi connectivity index (χ1n) is 8.09. The van der Waals surface area contributed by atoms with E-state index in [1.54, 1.807) is 24.3 Å². The summed E-state index contributed by atoms with van der Waals surface area (Å²) >= 11 is 0. The molecule has 0 atom stereocenters. The molecular weight excluding hydrogens is 294 g/mol. The van der Waals surface area contributed by atoms with Crippen molar-refractivity contribution in [2.75, 3.05) is 38.6 Å². The Bertz CT molecular complexity index is 522. The molecule has 1 aromatic carbocycles. The van der Waals surface area contributed by atoms with E-state index in [1.165, 1.54) is 0 Å². The van der Waals surface area contributed by atoms with E-state index in [-0.39, 0.29) is 0 Å². The number of ether oxygens (including phenoxy) is 1. The Morgan fingerprint density at radius 3 is 2.43 bits per heavy atom. The lowest BCUT2D eigenvalue weighted by Crippen LogP contribution is -2.41. The molecule has 1 fully saturated rings. The molecular formula is C17H25N3O3. The molecule has 1 aliphatic heterocycles. The largest absolute Gasteiger partial charge is 0.494 e. The van der Waals surface area contributed by atoms with Crippen molar-refractivity contribution in [2.24, 2.45) is 5.92 Å². The number of piperidine rings is 1. The second kappa shape index (κ2) is 8.53. The number of hydrogen-bond acceptors (Lipinski definition) is 4. The zero-order chi connectivity index (χ0) is 16.7. The van der Waals surface area contributed by atoms with Crippen molar-refractivity contribution >= 4 is 17.5 Å². The first-order valence-corrected chi connectivity index (χ1v) is 8.09. The van der Waals surface area contributed by atoms with Gasteiger partial charge in [0.15, 0.2) is 0 Å². The first kappa shape index (κ1) is 17.3. The van der Waals surface area contributed by atoms with Crippen molar-refractivity contribution in [3.63, 3.8) is 0 Å². The summed E-state index contributed by atoms with van der Waals surface area (Å²) in [4.78, 5) is 26.0. The van der Waals surface area contributed by atoms with Gasteiger partial charge in [-0.25, -0.2) is 0 Å². The predicted octanol–water partition coefficient (Wildman–Crippen LogP) is 1.48. The summed E-state index contributed by atoms with van der Waals surface area (Å²) in [6.07, 6.45) is 2.11. The number of nitrogens with one attached hydrogen (secondary N) is 2. The molecule has 0 saturated carbocycles. The summed E-state index contributed by atoms with van der Waals surface area (Å²) < 4.78 is 5.33. The van der Waals surface area contributed by atoms with Gasteiger partial charge in [0.05, 0.1) is 6.61 Å². The number of amides is 2. The van der Waals surface area contributed by atoms with Gasteiger partial charge in [-0.3, -0.25) is 9.59 Å². The van der Waals surface area contributed by atoms with Crippen LogP contribution in [0.15, 0.2) is 24.3 Å². The SMILES string of the molecule is CCOc1ccc(NC(=O)C(=O)NCC2CCN(C)CC2)cc1. The van der Waals surface area contributed by atoms with Crippen molar-refractivity contribution in [3.8, 4) is 5.75 Å². The summed E-state index contributed by atoms with van der Waals surface area (Å²) in [6, 6.07) is 6.95. The van der Waals surface area contributed by atoms with Gasteiger partial charge in [-0.05, 0) is 70.1 Å². The molecule has 1 heterocycles. The Morgan fingerprint density at radius 2 is 1.83 bits per heavy atom. The highest BCUT2D eigenvalue weighted by molar-refractivity contribution is 6.39. The third-order valence-electron chi connectivity index (χ3n) is 4.02. The van der Waals surface area contributed by atoms with Crippen molar-refractivity contribution in [1.29, 1.82) is 0 Å². The Hall–Kier alpha value is -2.08. The van der Waals surface area contributed by atoms with Crippen LogP contribution >= 0.6 is 0 Å². The summed E-state index contributed by atoms with van der Waals surface area (Å²) in [5.74, 6) is -0.0365. The molecule has 0 spiro atoms. The van der Waals surface area contributed by atoms with Crippen molar-refractivity contribution in [3.05, 3.63) is 24.3 Å². The fourth-order valence-corrected chi connectivity index (χ4v) is 2.57. The Kier molecular flexibility index (Phi) is 6.40. The molecule has 1 aliphatic rings. The van der Waals surface area contributed by atoms with Crippen LogP contribution in [-0.4, -0.2) is 50.0 Å². The highest BCUT2D eigenvalue weighted by Crippen LogP contribution is 2.16. The second-order valence-corrected chi connectivity index (χ2v) is 5.87. The molecule has 0 bridgehead atoms. The predicted molar refractivity (Wildman–Crippen MR) is 89.5 cm³/mol. The van der Waals surface area contributed by atoms with Gasteiger partial charge < -0.3 is 20.3 Å². The minimum absolute atomic E-state index is 0.452. The molecule has 6 heteroatoms. The lowest BCUT2D eigenvalue weighted by molar-refractivity contribution is -0.136. The first-order chi connectivity index (χ1) is 11.1. The van der Waals surface area contributed by atoms with Crippen LogP contribution in [-0.2, 0) is 9.59 Å². The van der Waals surface area contributed by atoms with Gasteiger partial charge in [-0.2, -0.15) is 0 Å². The van der Waals surface area contributed by atoms with Crippen LogP contribution in [0.2, 0.25) is 0 Å². The fourth-order valence-electron chi connectivity index (χ4n) is 2.57. The number of rotatable bonds is 5. The molecule has 1 aromatic rings. The van der Waals surface area contributed by atoms with Gasteiger partial charge in [0.2, 0.25) is 0 Å². The Morgan fingerprint density at radius 1 is 1.17 bits per heavy atom. The summed E-state index contributed by atoms with van der Waals surface area (Å²) in [6.45, 7) is 5.14. The van der Waals surface area contributed by atoms with Gasteiger partial charge >= 0.3 is 11.8 Å². The molecule has 6 nitrogen and oxygen atoms in total. The molecule has 0 radical (unpaired) electrons. The van der Waals surface area contributed by atoms with Crippen molar-refractivity contribution in [1.82, 2.24) is 10.2 Å². The van der Waals surface area contributed by atoms with E-state index in [0.717, 1.165) is 31.7 Å². The quantitative estimate of drug-likeness (QED) is 0.807. The number of benzene rings is 1. The van der Waals surface area contributed by atoms with Gasteiger partial charge in [0.25, 0.3) is 0 Å². The van der Waals surface area contributed by atoms with Crippen LogP contribution in [0.25, 0.3) is 0 Å². The molecule has 1 saturated heterocycles. The molecule has 2 rings (SSSR count). The Labute approximate surface area is 137 Å². The summed E-state index contributed by atoms with van der Waals surface area (Å²) in [7, 11) is 2.10. The van der Waals surface area contributed by atoms with Crippen molar-refractivity contribution in [2.45, 2.75) is 19.8 Å². The topological polar surface area (TPSA) is 70.7 Å². The van der Waals surface area contributed by atoms with E-state index in [2.05, 4.69) is 22.6 Å². The number of hydrogen-bond donors (Lipinski definition) is 2. The van der Waals surface area contributed by atoms with E-state index < -0.39 is 11.8 Å². The highest BCUT2D eigenvalue weighted by atomic mass is 16.5. The smallest absolute Gasteiger partial charge is 0.313 e. The lowest BCUT2D eigenvalue weighted by Gasteiger charge is -2.28. The van der Waals surface area contributed by atoms with E-state index in [4.69, 9.17) is 4.74 Å². The maximum atomic E-state index is 11.9. The molecule has 126 valence electrons. The number of likely N-dealkylation sites (tertiary alicyclic amines) is 1. The van der Waals surface area contributed by atoms with Crippen LogP contribution in [0, 0.1) is 5.92 Å². The lowest BCUT2D eigenvalue weighted by atomic mass is 9.97. The third kappa shape index (κ3) is 5.56. The average Bonchev–Trinajstić information content (AvgIpc) is 2.56. The molecule has 2 N–H and O–H groups in total. The third-order valence-corrected chi connectivity index (χ3v) is 4.02. The molecule has 0 aromatic heterocycles. The van der Waals surface area contributed by atoms with Crippen LogP contribution in [0.3, 0.4) is 0 Å². The zero-order valence-corrected chi connectivity index (χ0v) is 13.8. The summed E-state index contributed by atoms with van der Waals surface area (Å²) in [5.41, 5.74) is 0.577. The van der Waals surface area contributed by atoms with Gasteiger partial charge in [-0.15, -0.1) is 0 Å². The van der Waals surface area contributed by atoms with Crippen molar-refractivity contribution < 1.29 is 14.3 Å². The van der Waals surface area contributed by atoms with Gasteiger partial charge in [-0.1, -0.05) is 0 Å². The normalized spacial score (nSPS) is 15.9. The number of anilines is 1. The number of carbonyl (C=O) groups excluding carboxylic acids is 2. The molecule has 0 unspecified atom stereocenters. The summed E-state index contributed by atoms with van der Waals surface area (Å²) in [5, 5.41) is 5.32. The standard InChI is InChI=1S/C17H25N3O3/c1-3-23-15-6-4-14(5-7-15)19-17(22)16(21)18-12-13-8-10-20(2)11-9-13/h4-7,13H,3,8-12H2,1-2H3,(H,18,21)(H,19,22). The zero-order valence-electron chi connectivity index (χ0n) is 13.8. The Balaban J connectivity index is 1.75. The van der Waals surface area contributed by atoms with Gasteiger partial charge in [0, 0.05) is 12.2 Å². The number of carbonyl (C=O) groups is 2. The minimum Gasteiger partial charge on any atom is -0.494 e. The second-order valence-electron chi connectivity index (χ2n) is 5.87. The molecule has 0 aliphatic carbocycles. The minimum atomic E-state index is -0.637. The molecule has 23 heavy (non-hydrogen) atoms. The maximum Gasteiger partial charge on any atom is 0.313 e. The van der Waals surface area contributed by atoms with Crippen LogP contribution in [0.4, 0.5) is 5.69 Å². The van der Waals surface area contributed by atoms with E-state index in [1.807, 2.05) is 6.92 Å². The van der Waals surface area contributed by atoms with Crippen LogP contribution in [0.1, 0.15) is 19.8 Å². The highest BCUT2D eigenvalue weighted by Gasteiger charge is 2.19. The number of nitrogens with zero attached hydrogens (tertiary/aromatic N) is 1.